The maximum Gasteiger partial charge on any atom is 0.416 e. The van der Waals surface area contributed by atoms with Gasteiger partial charge >= 0.3 is 12.2 Å². The van der Waals surface area contributed by atoms with Crippen LogP contribution in [0.3, 0.4) is 0 Å². The number of amides is 3. The molecule has 3 amide bonds. The van der Waals surface area contributed by atoms with Crippen molar-refractivity contribution < 1.29 is 27.6 Å². The molecule has 1 aliphatic heterocycles. The summed E-state index contributed by atoms with van der Waals surface area (Å²) in [5, 5.41) is 12.3. The van der Waals surface area contributed by atoms with E-state index in [1.807, 2.05) is 6.07 Å². The Bertz CT molecular complexity index is 1370. The lowest BCUT2D eigenvalue weighted by molar-refractivity contribution is -0.137. The van der Waals surface area contributed by atoms with E-state index in [1.165, 1.54) is 36.2 Å². The summed E-state index contributed by atoms with van der Waals surface area (Å²) in [5.41, 5.74) is 0.509. The van der Waals surface area contributed by atoms with E-state index in [4.69, 9.17) is 0 Å². The zero-order chi connectivity index (χ0) is 25.8. The molecule has 0 spiro atoms. The van der Waals surface area contributed by atoms with Crippen LogP contribution in [-0.2, 0) is 11.0 Å². The van der Waals surface area contributed by atoms with E-state index in [0.717, 1.165) is 29.9 Å². The molecule has 0 saturated heterocycles. The SMILES string of the molecule is CN1C(=O)N(c2cccc(C(F)(F)F)c2)C2=C(C(=O)CC2)C1c1ccc(C#N)cc1C(=O)NC1CC1. The van der Waals surface area contributed by atoms with Gasteiger partial charge in [-0.05, 0) is 55.2 Å². The highest BCUT2D eigenvalue weighted by Gasteiger charge is 2.46. The molecule has 2 aromatic carbocycles. The maximum atomic E-state index is 13.6. The largest absolute Gasteiger partial charge is 0.416 e. The first kappa shape index (κ1) is 23.6. The molecule has 0 aromatic heterocycles. The molecule has 1 N–H and O–H groups in total. The molecule has 1 fully saturated rings. The maximum absolute atomic E-state index is 13.6. The number of halogens is 3. The van der Waals surface area contributed by atoms with Gasteiger partial charge in [0.2, 0.25) is 0 Å². The molecule has 7 nitrogen and oxygen atoms in total. The average Bonchev–Trinajstić information content (AvgIpc) is 3.59. The molecule has 2 aromatic rings. The van der Waals surface area contributed by atoms with Crippen LogP contribution >= 0.6 is 0 Å². The van der Waals surface area contributed by atoms with Crippen molar-refractivity contribution in [2.75, 3.05) is 11.9 Å². The summed E-state index contributed by atoms with van der Waals surface area (Å²) in [6, 6.07) is 9.43. The Morgan fingerprint density at radius 1 is 1.11 bits per heavy atom. The number of nitriles is 1. The molecule has 0 bridgehead atoms. The second-order valence-corrected chi connectivity index (χ2v) is 9.12. The molecule has 0 radical (unpaired) electrons. The van der Waals surface area contributed by atoms with Gasteiger partial charge in [-0.1, -0.05) is 12.1 Å². The lowest BCUT2D eigenvalue weighted by atomic mass is 9.89. The van der Waals surface area contributed by atoms with Gasteiger partial charge in [0.15, 0.2) is 5.78 Å². The summed E-state index contributed by atoms with van der Waals surface area (Å²) in [4.78, 5) is 42.1. The van der Waals surface area contributed by atoms with E-state index >= 15 is 0 Å². The highest BCUT2D eigenvalue weighted by Crippen LogP contribution is 2.45. The van der Waals surface area contributed by atoms with Crippen LogP contribution in [0.1, 0.15) is 58.8 Å². The Balaban J connectivity index is 1.65. The summed E-state index contributed by atoms with van der Waals surface area (Å²) >= 11 is 0. The van der Waals surface area contributed by atoms with E-state index in [2.05, 4.69) is 5.32 Å². The van der Waals surface area contributed by atoms with Crippen LogP contribution in [0.2, 0.25) is 0 Å². The molecule has 3 aliphatic rings. The van der Waals surface area contributed by atoms with Crippen LogP contribution in [0.5, 0.6) is 0 Å². The molecule has 36 heavy (non-hydrogen) atoms. The number of alkyl halides is 3. The number of ketones is 1. The Hall–Kier alpha value is -4.13. The highest BCUT2D eigenvalue weighted by atomic mass is 19.4. The number of hydrogen-bond donors (Lipinski definition) is 1. The number of nitrogens with one attached hydrogen (secondary N) is 1. The lowest BCUT2D eigenvalue weighted by Crippen LogP contribution is -2.48. The third-order valence-corrected chi connectivity index (χ3v) is 6.69. The number of allylic oxidation sites excluding steroid dienone is 1. The number of carbonyl (C=O) groups is 3. The number of carbonyl (C=O) groups excluding carboxylic acids is 3. The molecular formula is C26H21F3N4O3. The van der Waals surface area contributed by atoms with Crippen LogP contribution in [0, 0.1) is 11.3 Å². The summed E-state index contributed by atoms with van der Waals surface area (Å²) < 4.78 is 40.1. The molecule has 10 heteroatoms. The molecular weight excluding hydrogens is 473 g/mol. The van der Waals surface area contributed by atoms with Crippen LogP contribution in [0.25, 0.3) is 0 Å². The Morgan fingerprint density at radius 2 is 1.86 bits per heavy atom. The van der Waals surface area contributed by atoms with Crippen LogP contribution in [0.15, 0.2) is 53.7 Å². The van der Waals surface area contributed by atoms with Gasteiger partial charge in [-0.15, -0.1) is 0 Å². The van der Waals surface area contributed by atoms with Gasteiger partial charge < -0.3 is 10.2 Å². The molecule has 1 heterocycles. The normalized spacial score (nSPS) is 19.9. The lowest BCUT2D eigenvalue weighted by Gasteiger charge is -2.41. The topological polar surface area (TPSA) is 93.5 Å². The van der Waals surface area contributed by atoms with Crippen molar-refractivity contribution in [3.05, 3.63) is 76.0 Å². The first-order valence-electron chi connectivity index (χ1n) is 11.5. The van der Waals surface area contributed by atoms with E-state index in [-0.39, 0.29) is 47.1 Å². The predicted molar refractivity (Wildman–Crippen MR) is 123 cm³/mol. The van der Waals surface area contributed by atoms with Crippen LogP contribution in [0.4, 0.5) is 23.7 Å². The zero-order valence-electron chi connectivity index (χ0n) is 19.2. The third-order valence-electron chi connectivity index (χ3n) is 6.69. The summed E-state index contributed by atoms with van der Waals surface area (Å²) in [6.45, 7) is 0. The minimum Gasteiger partial charge on any atom is -0.349 e. The van der Waals surface area contributed by atoms with Crippen molar-refractivity contribution in [1.82, 2.24) is 10.2 Å². The number of benzene rings is 2. The highest BCUT2D eigenvalue weighted by molar-refractivity contribution is 6.09. The predicted octanol–water partition coefficient (Wildman–Crippen LogP) is 4.70. The third kappa shape index (κ3) is 4.00. The van der Waals surface area contributed by atoms with Crippen molar-refractivity contribution >= 4 is 23.4 Å². The molecule has 184 valence electrons. The number of rotatable bonds is 4. The van der Waals surface area contributed by atoms with E-state index in [0.29, 0.717) is 11.3 Å². The molecule has 2 aliphatic carbocycles. The number of nitrogens with zero attached hydrogens (tertiary/aromatic N) is 3. The van der Waals surface area contributed by atoms with Crippen molar-refractivity contribution in [2.45, 2.75) is 43.9 Å². The zero-order valence-corrected chi connectivity index (χ0v) is 19.2. The fourth-order valence-corrected chi connectivity index (χ4v) is 4.79. The number of anilines is 1. The fourth-order valence-electron chi connectivity index (χ4n) is 4.79. The van der Waals surface area contributed by atoms with E-state index in [9.17, 15) is 32.8 Å². The number of hydrogen-bond acceptors (Lipinski definition) is 4. The van der Waals surface area contributed by atoms with Gasteiger partial charge in [0, 0.05) is 36.3 Å². The second-order valence-electron chi connectivity index (χ2n) is 9.12. The Labute approximate surface area is 204 Å². The van der Waals surface area contributed by atoms with Gasteiger partial charge in [0.1, 0.15) is 0 Å². The van der Waals surface area contributed by atoms with E-state index in [1.54, 1.807) is 6.07 Å². The number of Topliss-reactive ketones (excluding diaryl/α,β-unsaturated/α-hetero) is 1. The van der Waals surface area contributed by atoms with Gasteiger partial charge in [0.25, 0.3) is 5.91 Å². The Morgan fingerprint density at radius 3 is 2.53 bits per heavy atom. The van der Waals surface area contributed by atoms with Gasteiger partial charge in [-0.2, -0.15) is 18.4 Å². The average molecular weight is 494 g/mol. The summed E-state index contributed by atoms with van der Waals surface area (Å²) in [7, 11) is 1.45. The standard InChI is InChI=1S/C26H21F3N4O3/c1-32-23(18-8-5-14(13-30)11-19(18)24(35)31-16-6-7-16)22-20(9-10-21(22)34)33(25(32)36)17-4-2-3-15(12-17)26(27,28)29/h2-5,8,11-12,16,23H,6-7,9-10H2,1H3,(H,31,35). The smallest absolute Gasteiger partial charge is 0.349 e. The van der Waals surface area contributed by atoms with Crippen molar-refractivity contribution in [3.8, 4) is 6.07 Å². The van der Waals surface area contributed by atoms with E-state index < -0.39 is 29.7 Å². The van der Waals surface area contributed by atoms with Crippen molar-refractivity contribution in [2.24, 2.45) is 0 Å². The fraction of sp³-hybridized carbons (Fsp3) is 0.308. The quantitative estimate of drug-likeness (QED) is 0.667. The van der Waals surface area contributed by atoms with Crippen LogP contribution in [-0.4, -0.2) is 35.7 Å². The number of likely N-dealkylation sites (N-methyl/N-ethyl adjacent to an activating group) is 1. The van der Waals surface area contributed by atoms with Gasteiger partial charge in [-0.3, -0.25) is 14.5 Å². The summed E-state index contributed by atoms with van der Waals surface area (Å²) in [5.74, 6) is -0.650. The molecule has 1 saturated carbocycles. The van der Waals surface area contributed by atoms with Gasteiger partial charge in [-0.25, -0.2) is 4.79 Å². The Kier molecular flexibility index (Phi) is 5.58. The van der Waals surface area contributed by atoms with Crippen molar-refractivity contribution in [3.63, 3.8) is 0 Å². The first-order valence-corrected chi connectivity index (χ1v) is 11.5. The molecule has 5 rings (SSSR count). The number of urea groups is 1. The first-order chi connectivity index (χ1) is 17.1. The molecule has 1 unspecified atom stereocenters. The summed E-state index contributed by atoms with van der Waals surface area (Å²) in [6.07, 6.45) is -2.63. The minimum atomic E-state index is -4.60. The van der Waals surface area contributed by atoms with Gasteiger partial charge in [0.05, 0.1) is 28.9 Å². The van der Waals surface area contributed by atoms with Crippen LogP contribution < -0.4 is 10.2 Å². The van der Waals surface area contributed by atoms with Crippen molar-refractivity contribution in [1.29, 1.82) is 5.26 Å². The second kappa shape index (κ2) is 8.52. The monoisotopic (exact) mass is 494 g/mol. The molecule has 1 atom stereocenters. The minimum absolute atomic E-state index is 0.00820.